The molecule has 1 aliphatic carbocycles. The van der Waals surface area contributed by atoms with E-state index >= 15 is 0 Å². The van der Waals surface area contributed by atoms with E-state index in [0.29, 0.717) is 28.1 Å². The van der Waals surface area contributed by atoms with Gasteiger partial charge in [-0.05, 0) is 63.8 Å². The number of nitrogens with one attached hydrogen (secondary N) is 1. The smallest absolute Gasteiger partial charge is 0.416 e. The van der Waals surface area contributed by atoms with Crippen LogP contribution < -0.4 is 5.32 Å². The van der Waals surface area contributed by atoms with Crippen LogP contribution in [0.3, 0.4) is 0 Å². The van der Waals surface area contributed by atoms with Crippen molar-refractivity contribution in [2.75, 3.05) is 0 Å². The zero-order valence-corrected chi connectivity index (χ0v) is 21.2. The number of allylic oxidation sites excluding steroid dienone is 2. The van der Waals surface area contributed by atoms with Gasteiger partial charge in [0.05, 0.1) is 22.4 Å². The summed E-state index contributed by atoms with van der Waals surface area (Å²) in [7, 11) is 1.74. The Morgan fingerprint density at radius 1 is 1.22 bits per heavy atom. The standard InChI is InChI=1S/C22H24F3N3O.C5H8O2/c1-5-6-14(2)21(11-12-21)26-20(29)19-15(3)28(4)27-18(19)13-16-7-9-17(10-8-16)22(23,24)25;1-3-4(2)5(6)7/h5-10H,2,11-13H2,1,3-4H3,(H,26,29);3H,1-2H3,(H,6,7)/b6-5-;4-3+. The van der Waals surface area contributed by atoms with Gasteiger partial charge in [-0.2, -0.15) is 18.3 Å². The highest BCUT2D eigenvalue weighted by molar-refractivity contribution is 5.97. The second-order valence-corrected chi connectivity index (χ2v) is 8.74. The lowest BCUT2D eigenvalue weighted by Gasteiger charge is -2.18. The normalized spacial score (nSPS) is 14.7. The summed E-state index contributed by atoms with van der Waals surface area (Å²) < 4.78 is 39.9. The number of rotatable bonds is 7. The number of benzene rings is 1. The monoisotopic (exact) mass is 503 g/mol. The fourth-order valence-electron chi connectivity index (χ4n) is 3.52. The van der Waals surface area contributed by atoms with Gasteiger partial charge in [0.25, 0.3) is 5.91 Å². The van der Waals surface area contributed by atoms with Crippen molar-refractivity contribution in [3.63, 3.8) is 0 Å². The van der Waals surface area contributed by atoms with Gasteiger partial charge >= 0.3 is 12.1 Å². The van der Waals surface area contributed by atoms with E-state index in [1.165, 1.54) is 12.1 Å². The molecule has 9 heteroatoms. The van der Waals surface area contributed by atoms with E-state index in [4.69, 9.17) is 5.11 Å². The molecule has 1 amide bonds. The Hall–Kier alpha value is -3.62. The summed E-state index contributed by atoms with van der Waals surface area (Å²) in [5.41, 5.74) is 2.49. The molecule has 36 heavy (non-hydrogen) atoms. The van der Waals surface area contributed by atoms with Crippen molar-refractivity contribution < 1.29 is 27.9 Å². The highest BCUT2D eigenvalue weighted by atomic mass is 19.4. The Morgan fingerprint density at radius 3 is 2.22 bits per heavy atom. The fourth-order valence-corrected chi connectivity index (χ4v) is 3.52. The number of carboxylic acids is 1. The fraction of sp³-hybridized carbons (Fsp3) is 0.370. The zero-order valence-electron chi connectivity index (χ0n) is 21.2. The van der Waals surface area contributed by atoms with Crippen molar-refractivity contribution in [3.05, 3.63) is 88.3 Å². The van der Waals surface area contributed by atoms with Crippen LogP contribution in [0.15, 0.2) is 60.2 Å². The van der Waals surface area contributed by atoms with Gasteiger partial charge in [0.15, 0.2) is 0 Å². The number of amides is 1. The van der Waals surface area contributed by atoms with Crippen LogP contribution in [0.1, 0.15) is 66.5 Å². The van der Waals surface area contributed by atoms with Crippen LogP contribution in [0.5, 0.6) is 0 Å². The number of carbonyl (C=O) groups is 2. The van der Waals surface area contributed by atoms with E-state index in [9.17, 15) is 22.8 Å². The third-order valence-corrected chi connectivity index (χ3v) is 6.14. The lowest BCUT2D eigenvalue weighted by Crippen LogP contribution is -2.38. The Balaban J connectivity index is 0.000000572. The first-order chi connectivity index (χ1) is 16.8. The van der Waals surface area contributed by atoms with Gasteiger partial charge in [-0.25, -0.2) is 4.79 Å². The molecule has 6 nitrogen and oxygen atoms in total. The van der Waals surface area contributed by atoms with Gasteiger partial charge in [-0.3, -0.25) is 9.48 Å². The number of alkyl halides is 3. The van der Waals surface area contributed by atoms with Crippen LogP contribution in [-0.4, -0.2) is 32.3 Å². The van der Waals surface area contributed by atoms with Gasteiger partial charge in [-0.15, -0.1) is 0 Å². The van der Waals surface area contributed by atoms with Gasteiger partial charge in [-0.1, -0.05) is 36.9 Å². The average Bonchev–Trinajstić information content (AvgIpc) is 3.53. The molecule has 1 heterocycles. The second kappa shape index (κ2) is 11.4. The minimum absolute atomic E-state index is 0.235. The van der Waals surface area contributed by atoms with E-state index in [1.807, 2.05) is 19.1 Å². The van der Waals surface area contributed by atoms with Gasteiger partial charge < -0.3 is 10.4 Å². The SMILES string of the molecule is C/C=C(\C)C(=O)O.C=C(/C=C\C)C1(NC(=O)c2c(Cc3ccc(C(F)(F)F)cc3)nn(C)c2C)CC1. The zero-order chi connectivity index (χ0) is 27.3. The minimum atomic E-state index is -4.38. The molecular weight excluding hydrogens is 471 g/mol. The van der Waals surface area contributed by atoms with E-state index in [2.05, 4.69) is 17.0 Å². The number of aliphatic carboxylic acids is 1. The van der Waals surface area contributed by atoms with Crippen LogP contribution in [0, 0.1) is 6.92 Å². The number of aromatic nitrogens is 2. The summed E-state index contributed by atoms with van der Waals surface area (Å²) >= 11 is 0. The molecule has 2 aromatic rings. The van der Waals surface area contributed by atoms with Crippen molar-refractivity contribution >= 4 is 11.9 Å². The molecule has 0 spiro atoms. The highest BCUT2D eigenvalue weighted by Gasteiger charge is 2.46. The molecule has 1 fully saturated rings. The third-order valence-electron chi connectivity index (χ3n) is 6.14. The van der Waals surface area contributed by atoms with Gasteiger partial charge in [0.2, 0.25) is 0 Å². The first-order valence-corrected chi connectivity index (χ1v) is 11.4. The Morgan fingerprint density at radius 2 is 1.81 bits per heavy atom. The molecule has 2 N–H and O–H groups in total. The predicted molar refractivity (Wildman–Crippen MR) is 133 cm³/mol. The van der Waals surface area contributed by atoms with Crippen molar-refractivity contribution in [1.29, 1.82) is 0 Å². The summed E-state index contributed by atoms with van der Waals surface area (Å²) in [6, 6.07) is 4.94. The number of carbonyl (C=O) groups excluding carboxylic acids is 1. The third kappa shape index (κ3) is 6.96. The summed E-state index contributed by atoms with van der Waals surface area (Å²) in [4.78, 5) is 22.9. The predicted octanol–water partition coefficient (Wildman–Crippen LogP) is 5.77. The number of nitrogens with zero attached hydrogens (tertiary/aromatic N) is 2. The van der Waals surface area contributed by atoms with Crippen LogP contribution in [0.2, 0.25) is 0 Å². The molecule has 0 radical (unpaired) electrons. The number of halogens is 3. The largest absolute Gasteiger partial charge is 0.478 e. The van der Waals surface area contributed by atoms with Crippen LogP contribution in [0.4, 0.5) is 13.2 Å². The summed E-state index contributed by atoms with van der Waals surface area (Å²) in [5, 5.41) is 15.6. The Bertz CT molecular complexity index is 1190. The topological polar surface area (TPSA) is 84.2 Å². The second-order valence-electron chi connectivity index (χ2n) is 8.74. The van der Waals surface area contributed by atoms with Gasteiger partial charge in [0, 0.05) is 24.7 Å². The van der Waals surface area contributed by atoms with Crippen molar-refractivity contribution in [2.45, 2.75) is 58.7 Å². The quantitative estimate of drug-likeness (QED) is 0.371. The van der Waals surface area contributed by atoms with Crippen molar-refractivity contribution in [2.24, 2.45) is 7.05 Å². The summed E-state index contributed by atoms with van der Waals surface area (Å²) in [6.07, 6.45) is 2.89. The van der Waals surface area contributed by atoms with Crippen LogP contribution in [-0.2, 0) is 24.4 Å². The molecular formula is C27H32F3N3O3. The highest BCUT2D eigenvalue weighted by Crippen LogP contribution is 2.42. The molecule has 0 unspecified atom stereocenters. The first-order valence-electron chi connectivity index (χ1n) is 11.4. The maximum Gasteiger partial charge on any atom is 0.416 e. The Labute approximate surface area is 209 Å². The molecule has 0 saturated heterocycles. The number of hydrogen-bond donors (Lipinski definition) is 2. The van der Waals surface area contributed by atoms with E-state index in [-0.39, 0.29) is 12.3 Å². The van der Waals surface area contributed by atoms with Crippen molar-refractivity contribution in [1.82, 2.24) is 15.1 Å². The number of hydrogen-bond acceptors (Lipinski definition) is 3. The summed E-state index contributed by atoms with van der Waals surface area (Å²) in [6.45, 7) is 11.0. The summed E-state index contributed by atoms with van der Waals surface area (Å²) in [5.74, 6) is -1.08. The maximum atomic E-state index is 13.1. The minimum Gasteiger partial charge on any atom is -0.478 e. The van der Waals surface area contributed by atoms with Crippen LogP contribution in [0.25, 0.3) is 0 Å². The average molecular weight is 504 g/mol. The van der Waals surface area contributed by atoms with Gasteiger partial charge in [0.1, 0.15) is 0 Å². The Kier molecular flexibility index (Phi) is 9.07. The molecule has 3 rings (SSSR count). The van der Waals surface area contributed by atoms with E-state index in [1.54, 1.807) is 38.6 Å². The molecule has 1 aromatic heterocycles. The van der Waals surface area contributed by atoms with E-state index in [0.717, 1.165) is 30.5 Å². The lowest BCUT2D eigenvalue weighted by atomic mass is 10.0. The van der Waals surface area contributed by atoms with Crippen LogP contribution >= 0.6 is 0 Å². The maximum absolute atomic E-state index is 13.1. The molecule has 194 valence electrons. The van der Waals surface area contributed by atoms with E-state index < -0.39 is 23.2 Å². The molecule has 0 aliphatic heterocycles. The number of carboxylic acid groups (broad SMARTS) is 1. The first kappa shape index (κ1) is 28.6. The number of aryl methyl sites for hydroxylation is 1. The molecule has 1 aliphatic rings. The molecule has 1 saturated carbocycles. The van der Waals surface area contributed by atoms with Crippen molar-refractivity contribution in [3.8, 4) is 0 Å². The lowest BCUT2D eigenvalue weighted by molar-refractivity contribution is -0.137. The molecule has 0 bridgehead atoms. The molecule has 0 atom stereocenters. The molecule has 1 aromatic carbocycles.